The summed E-state index contributed by atoms with van der Waals surface area (Å²) >= 11 is 6.08. The molecule has 2 aromatic rings. The topological polar surface area (TPSA) is 59.4 Å². The average molecular weight is 241 g/mol. The lowest BCUT2D eigenvalue weighted by Gasteiger charge is -2.08. The third kappa shape index (κ3) is 2.54. The fourth-order valence-electron chi connectivity index (χ4n) is 1.19. The molecule has 2 heterocycles. The van der Waals surface area contributed by atoms with Crippen molar-refractivity contribution in [2.75, 3.05) is 5.75 Å². The van der Waals surface area contributed by atoms with Gasteiger partial charge in [-0.2, -0.15) is 17.7 Å². The van der Waals surface area contributed by atoms with Crippen molar-refractivity contribution in [1.82, 2.24) is 24.7 Å². The summed E-state index contributed by atoms with van der Waals surface area (Å²) in [6, 6.07) is 0. The quantitative estimate of drug-likeness (QED) is 0.626. The van der Waals surface area contributed by atoms with Crippen LogP contribution in [0.15, 0.2) is 23.9 Å². The maximum atomic E-state index is 4.50. The van der Waals surface area contributed by atoms with E-state index in [1.165, 1.54) is 6.33 Å². The van der Waals surface area contributed by atoms with Gasteiger partial charge in [0.2, 0.25) is 0 Å². The minimum absolute atomic E-state index is 0.0973. The Kier molecular flexibility index (Phi) is 3.32. The van der Waals surface area contributed by atoms with Crippen LogP contribution in [0.2, 0.25) is 0 Å². The Labute approximate surface area is 97.1 Å². The van der Waals surface area contributed by atoms with Crippen LogP contribution in [0.25, 0.3) is 0 Å². The lowest BCUT2D eigenvalue weighted by atomic mass is 10.4. The van der Waals surface area contributed by atoms with Gasteiger partial charge in [-0.3, -0.25) is 5.10 Å². The highest BCUT2D eigenvalue weighted by molar-refractivity contribution is 7.99. The van der Waals surface area contributed by atoms with E-state index in [0.29, 0.717) is 0 Å². The van der Waals surface area contributed by atoms with Crippen LogP contribution in [-0.2, 0) is 7.05 Å². The SMILES string of the molecule is Cn1ccnc1C(S)CSc1ncn[nH]1. The third-order valence-electron chi connectivity index (χ3n) is 1.93. The third-order valence-corrected chi connectivity index (χ3v) is 3.56. The number of nitrogens with zero attached hydrogens (tertiary/aromatic N) is 4. The van der Waals surface area contributed by atoms with E-state index in [1.807, 2.05) is 17.8 Å². The lowest BCUT2D eigenvalue weighted by Crippen LogP contribution is -2.03. The second-order valence-corrected chi connectivity index (χ2v) is 4.65. The van der Waals surface area contributed by atoms with Gasteiger partial charge in [-0.05, 0) is 0 Å². The molecule has 0 bridgehead atoms. The molecule has 0 fully saturated rings. The van der Waals surface area contributed by atoms with E-state index < -0.39 is 0 Å². The van der Waals surface area contributed by atoms with Gasteiger partial charge in [0.1, 0.15) is 12.2 Å². The number of H-pyrrole nitrogens is 1. The fourth-order valence-corrected chi connectivity index (χ4v) is 2.37. The minimum Gasteiger partial charge on any atom is -0.337 e. The molecule has 2 rings (SSSR count). The summed E-state index contributed by atoms with van der Waals surface area (Å²) < 4.78 is 1.97. The molecule has 5 nitrogen and oxygen atoms in total. The Morgan fingerprint density at radius 2 is 2.47 bits per heavy atom. The van der Waals surface area contributed by atoms with Gasteiger partial charge >= 0.3 is 0 Å². The number of hydrogen-bond acceptors (Lipinski definition) is 5. The molecule has 15 heavy (non-hydrogen) atoms. The van der Waals surface area contributed by atoms with Gasteiger partial charge in [-0.25, -0.2) is 9.97 Å². The Morgan fingerprint density at radius 1 is 1.60 bits per heavy atom. The lowest BCUT2D eigenvalue weighted by molar-refractivity contribution is 0.803. The summed E-state index contributed by atoms with van der Waals surface area (Å²) in [5, 5.41) is 7.48. The van der Waals surface area contributed by atoms with Crippen molar-refractivity contribution in [2.24, 2.45) is 7.05 Å². The van der Waals surface area contributed by atoms with Gasteiger partial charge in [0.05, 0.1) is 5.25 Å². The van der Waals surface area contributed by atoms with E-state index in [4.69, 9.17) is 0 Å². The molecule has 0 aliphatic carbocycles. The number of aromatic amines is 1. The molecule has 0 aliphatic rings. The number of aromatic nitrogens is 5. The zero-order valence-electron chi connectivity index (χ0n) is 8.16. The van der Waals surface area contributed by atoms with Crippen LogP contribution in [0.1, 0.15) is 11.1 Å². The molecule has 2 aromatic heterocycles. The highest BCUT2D eigenvalue weighted by Crippen LogP contribution is 2.25. The number of rotatable bonds is 4. The Balaban J connectivity index is 1.93. The number of thiol groups is 1. The van der Waals surface area contributed by atoms with Crippen LogP contribution in [0.3, 0.4) is 0 Å². The highest BCUT2D eigenvalue weighted by Gasteiger charge is 2.12. The molecule has 7 heteroatoms. The molecule has 0 aliphatic heterocycles. The number of aryl methyl sites for hydroxylation is 1. The fraction of sp³-hybridized carbons (Fsp3) is 0.375. The molecule has 1 atom stereocenters. The zero-order valence-corrected chi connectivity index (χ0v) is 9.87. The van der Waals surface area contributed by atoms with E-state index in [9.17, 15) is 0 Å². The van der Waals surface area contributed by atoms with Crippen LogP contribution in [0, 0.1) is 0 Å². The Bertz CT molecular complexity index is 410. The van der Waals surface area contributed by atoms with Crippen LogP contribution < -0.4 is 0 Å². The van der Waals surface area contributed by atoms with Crippen molar-refractivity contribution in [2.45, 2.75) is 10.4 Å². The van der Waals surface area contributed by atoms with Crippen molar-refractivity contribution < 1.29 is 0 Å². The van der Waals surface area contributed by atoms with E-state index in [1.54, 1.807) is 18.0 Å². The average Bonchev–Trinajstić information content (AvgIpc) is 2.84. The smallest absolute Gasteiger partial charge is 0.183 e. The predicted molar refractivity (Wildman–Crippen MR) is 62.0 cm³/mol. The molecule has 0 aromatic carbocycles. The van der Waals surface area contributed by atoms with E-state index in [-0.39, 0.29) is 5.25 Å². The van der Waals surface area contributed by atoms with Crippen LogP contribution in [0.5, 0.6) is 0 Å². The number of hydrogen-bond donors (Lipinski definition) is 2. The van der Waals surface area contributed by atoms with Gasteiger partial charge < -0.3 is 4.57 Å². The standard InChI is InChI=1S/C8H11N5S2/c1-13-3-2-9-7(13)6(14)4-15-8-10-5-11-12-8/h2-3,5-6,14H,4H2,1H3,(H,10,11,12). The summed E-state index contributed by atoms with van der Waals surface area (Å²) in [4.78, 5) is 8.27. The van der Waals surface area contributed by atoms with Crippen LogP contribution >= 0.6 is 24.4 Å². The Morgan fingerprint density at radius 3 is 3.07 bits per heavy atom. The summed E-state index contributed by atoms with van der Waals surface area (Å²) in [6.45, 7) is 0. The molecular weight excluding hydrogens is 230 g/mol. The molecule has 1 N–H and O–H groups in total. The summed E-state index contributed by atoms with van der Waals surface area (Å²) in [6.07, 6.45) is 5.19. The predicted octanol–water partition coefficient (Wildman–Crippen LogP) is 1.30. The zero-order chi connectivity index (χ0) is 10.7. The van der Waals surface area contributed by atoms with Crippen LogP contribution in [0.4, 0.5) is 0 Å². The molecule has 80 valence electrons. The molecule has 0 saturated heterocycles. The van der Waals surface area contributed by atoms with Gasteiger partial charge in [-0.15, -0.1) is 0 Å². The maximum Gasteiger partial charge on any atom is 0.183 e. The second kappa shape index (κ2) is 4.71. The monoisotopic (exact) mass is 241 g/mol. The summed E-state index contributed by atoms with van der Waals surface area (Å²) in [5.41, 5.74) is 0. The summed E-state index contributed by atoms with van der Waals surface area (Å²) in [5.74, 6) is 1.77. The molecule has 0 radical (unpaired) electrons. The maximum absolute atomic E-state index is 4.50. The first-order valence-corrected chi connectivity index (χ1v) is 5.91. The molecular formula is C8H11N5S2. The second-order valence-electron chi connectivity index (χ2n) is 3.01. The largest absolute Gasteiger partial charge is 0.337 e. The van der Waals surface area contributed by atoms with Gasteiger partial charge in [0.25, 0.3) is 0 Å². The van der Waals surface area contributed by atoms with Gasteiger partial charge in [-0.1, -0.05) is 11.8 Å². The van der Waals surface area contributed by atoms with Gasteiger partial charge in [0, 0.05) is 25.2 Å². The van der Waals surface area contributed by atoms with E-state index in [0.717, 1.165) is 16.7 Å². The van der Waals surface area contributed by atoms with E-state index >= 15 is 0 Å². The van der Waals surface area contributed by atoms with E-state index in [2.05, 4.69) is 32.8 Å². The van der Waals surface area contributed by atoms with Gasteiger partial charge in [0.15, 0.2) is 5.16 Å². The Hall–Kier alpha value is -0.950. The first kappa shape index (κ1) is 10.6. The van der Waals surface area contributed by atoms with Crippen LogP contribution in [-0.4, -0.2) is 30.5 Å². The van der Waals surface area contributed by atoms with Crippen molar-refractivity contribution in [3.05, 3.63) is 24.5 Å². The normalized spacial score (nSPS) is 12.9. The first-order chi connectivity index (χ1) is 7.27. The molecule has 0 saturated carbocycles. The number of nitrogens with one attached hydrogen (secondary N) is 1. The number of thioether (sulfide) groups is 1. The highest BCUT2D eigenvalue weighted by atomic mass is 32.2. The molecule has 1 unspecified atom stereocenters. The minimum atomic E-state index is 0.0973. The van der Waals surface area contributed by atoms with Crippen molar-refractivity contribution in [1.29, 1.82) is 0 Å². The van der Waals surface area contributed by atoms with Crippen molar-refractivity contribution in [3.63, 3.8) is 0 Å². The number of imidazole rings is 1. The first-order valence-electron chi connectivity index (χ1n) is 4.41. The van der Waals surface area contributed by atoms with Crippen molar-refractivity contribution >= 4 is 24.4 Å². The summed E-state index contributed by atoms with van der Waals surface area (Å²) in [7, 11) is 1.96. The van der Waals surface area contributed by atoms with Crippen molar-refractivity contribution in [3.8, 4) is 0 Å². The molecule has 0 amide bonds. The molecule has 0 spiro atoms.